The number of urea groups is 1. The normalized spacial score (nSPS) is 15.5. The summed E-state index contributed by atoms with van der Waals surface area (Å²) in [6, 6.07) is 29.5. The van der Waals surface area contributed by atoms with Crippen LogP contribution in [0.25, 0.3) is 0 Å². The largest absolute Gasteiger partial charge is 0.322 e. The fourth-order valence-corrected chi connectivity index (χ4v) is 5.77. The molecule has 0 radical (unpaired) electrons. The minimum absolute atomic E-state index is 0.0185. The fraction of sp³-hybridized carbons (Fsp3) is 0.367. The summed E-state index contributed by atoms with van der Waals surface area (Å²) < 4.78 is 0. The van der Waals surface area contributed by atoms with Gasteiger partial charge in [0, 0.05) is 41.5 Å². The van der Waals surface area contributed by atoms with Gasteiger partial charge in [0.05, 0.1) is 5.69 Å². The predicted octanol–water partition coefficient (Wildman–Crippen LogP) is 7.52. The fourth-order valence-electron chi connectivity index (χ4n) is 4.85. The molecule has 0 spiro atoms. The smallest absolute Gasteiger partial charge is 0.317 e. The topological polar surface area (TPSA) is 35.6 Å². The van der Waals surface area contributed by atoms with Crippen LogP contribution < -0.4 is 5.32 Å². The molecule has 3 aromatic carbocycles. The molecule has 0 aromatic heterocycles. The summed E-state index contributed by atoms with van der Waals surface area (Å²) in [4.78, 5) is 20.6. The van der Waals surface area contributed by atoms with E-state index in [1.54, 1.807) is 11.8 Å². The lowest BCUT2D eigenvalue weighted by atomic mass is 10.00. The summed E-state index contributed by atoms with van der Waals surface area (Å²) in [6.45, 7) is 7.30. The number of rotatable bonds is 9. The molecule has 184 valence electrons. The Bertz CT molecular complexity index is 1050. The summed E-state index contributed by atoms with van der Waals surface area (Å²) >= 11 is 1.68. The maximum atomic E-state index is 13.7. The van der Waals surface area contributed by atoms with Crippen LogP contribution in [0, 0.1) is 0 Å². The van der Waals surface area contributed by atoms with Crippen molar-refractivity contribution in [1.29, 1.82) is 0 Å². The number of anilines is 1. The molecule has 35 heavy (non-hydrogen) atoms. The zero-order valence-corrected chi connectivity index (χ0v) is 21.7. The highest BCUT2D eigenvalue weighted by molar-refractivity contribution is 7.99. The molecule has 0 aliphatic carbocycles. The highest BCUT2D eigenvalue weighted by Crippen LogP contribution is 2.33. The van der Waals surface area contributed by atoms with Gasteiger partial charge in [0.2, 0.25) is 0 Å². The summed E-state index contributed by atoms with van der Waals surface area (Å²) in [5.41, 5.74) is 2.02. The molecule has 1 aliphatic rings. The first-order valence-corrected chi connectivity index (χ1v) is 13.6. The maximum absolute atomic E-state index is 13.7. The third-order valence-corrected chi connectivity index (χ3v) is 7.91. The van der Waals surface area contributed by atoms with E-state index < -0.39 is 0 Å². The number of nitrogens with one attached hydrogen (secondary N) is 1. The molecule has 1 saturated heterocycles. The average Bonchev–Trinajstić information content (AvgIpc) is 2.90. The number of amides is 2. The molecule has 1 aliphatic heterocycles. The van der Waals surface area contributed by atoms with Crippen molar-refractivity contribution in [3.63, 3.8) is 0 Å². The quantitative estimate of drug-likeness (QED) is 0.339. The molecule has 1 unspecified atom stereocenters. The minimum atomic E-state index is -0.0185. The van der Waals surface area contributed by atoms with E-state index in [1.807, 2.05) is 54.6 Å². The van der Waals surface area contributed by atoms with Crippen molar-refractivity contribution >= 4 is 23.5 Å². The molecule has 1 heterocycles. The van der Waals surface area contributed by atoms with E-state index in [2.05, 4.69) is 59.3 Å². The molecule has 0 saturated carbocycles. The Balaban J connectivity index is 1.49. The molecule has 3 aromatic rings. The standard InChI is InChI=1S/C30H37N3OS/c1-3-12-24(2)32-21-19-26(20-22-32)33(23-25-13-6-4-7-14-25)30(34)31-28-17-10-11-18-29(28)35-27-15-8-5-9-16-27/h4-11,13-18,24,26H,3,12,19-23H2,1-2H3,(H,31,34). The van der Waals surface area contributed by atoms with Gasteiger partial charge in [-0.25, -0.2) is 4.79 Å². The van der Waals surface area contributed by atoms with Crippen molar-refractivity contribution in [1.82, 2.24) is 9.80 Å². The van der Waals surface area contributed by atoms with E-state index in [9.17, 15) is 4.79 Å². The van der Waals surface area contributed by atoms with Crippen LogP contribution in [0.1, 0.15) is 45.1 Å². The van der Waals surface area contributed by atoms with E-state index in [1.165, 1.54) is 12.8 Å². The molecular formula is C30H37N3OS. The van der Waals surface area contributed by atoms with Crippen LogP contribution in [-0.4, -0.2) is 41.0 Å². The van der Waals surface area contributed by atoms with Gasteiger partial charge in [-0.3, -0.25) is 0 Å². The number of nitrogens with zero attached hydrogens (tertiary/aromatic N) is 2. The van der Waals surface area contributed by atoms with Crippen LogP contribution in [0.3, 0.4) is 0 Å². The third kappa shape index (κ3) is 7.12. The number of hydrogen-bond acceptors (Lipinski definition) is 3. The first kappa shape index (κ1) is 25.3. The predicted molar refractivity (Wildman–Crippen MR) is 147 cm³/mol. The lowest BCUT2D eigenvalue weighted by Crippen LogP contribution is -2.50. The van der Waals surface area contributed by atoms with Crippen molar-refractivity contribution in [2.24, 2.45) is 0 Å². The number of carbonyl (C=O) groups excluding carboxylic acids is 1. The maximum Gasteiger partial charge on any atom is 0.322 e. The van der Waals surface area contributed by atoms with Crippen LogP contribution >= 0.6 is 11.8 Å². The van der Waals surface area contributed by atoms with Gasteiger partial charge >= 0.3 is 6.03 Å². The molecular weight excluding hydrogens is 450 g/mol. The van der Waals surface area contributed by atoms with Gasteiger partial charge in [-0.1, -0.05) is 85.8 Å². The molecule has 5 heteroatoms. The average molecular weight is 488 g/mol. The molecule has 1 N–H and O–H groups in total. The number of piperidine rings is 1. The third-order valence-electron chi connectivity index (χ3n) is 6.83. The van der Waals surface area contributed by atoms with Gasteiger partial charge in [-0.05, 0) is 56.0 Å². The van der Waals surface area contributed by atoms with Crippen molar-refractivity contribution in [3.8, 4) is 0 Å². The lowest BCUT2D eigenvalue weighted by molar-refractivity contribution is 0.0989. The SMILES string of the molecule is CCCC(C)N1CCC(N(Cc2ccccc2)C(=O)Nc2ccccc2Sc2ccccc2)CC1. The van der Waals surface area contributed by atoms with E-state index in [-0.39, 0.29) is 12.1 Å². The Morgan fingerprint density at radius 2 is 1.60 bits per heavy atom. The second-order valence-corrected chi connectivity index (χ2v) is 10.5. The van der Waals surface area contributed by atoms with Crippen LogP contribution in [0.4, 0.5) is 10.5 Å². The highest BCUT2D eigenvalue weighted by atomic mass is 32.2. The Labute approximate surface area is 214 Å². The first-order chi connectivity index (χ1) is 17.1. The molecule has 4 nitrogen and oxygen atoms in total. The zero-order chi connectivity index (χ0) is 24.5. The second-order valence-electron chi connectivity index (χ2n) is 9.36. The number of hydrogen-bond donors (Lipinski definition) is 1. The van der Waals surface area contributed by atoms with Crippen molar-refractivity contribution in [3.05, 3.63) is 90.5 Å². The summed E-state index contributed by atoms with van der Waals surface area (Å²) in [5.74, 6) is 0. The van der Waals surface area contributed by atoms with Crippen molar-refractivity contribution < 1.29 is 4.79 Å². The lowest BCUT2D eigenvalue weighted by Gasteiger charge is -2.40. The second kappa shape index (κ2) is 12.8. The number of benzene rings is 3. The van der Waals surface area contributed by atoms with Crippen LogP contribution in [-0.2, 0) is 6.54 Å². The Morgan fingerprint density at radius 1 is 0.971 bits per heavy atom. The monoisotopic (exact) mass is 487 g/mol. The summed E-state index contributed by atoms with van der Waals surface area (Å²) in [6.07, 6.45) is 4.46. The summed E-state index contributed by atoms with van der Waals surface area (Å²) in [5, 5.41) is 3.26. The Kier molecular flexibility index (Phi) is 9.27. The number of carbonyl (C=O) groups is 1. The number of likely N-dealkylation sites (tertiary alicyclic amines) is 1. The minimum Gasteiger partial charge on any atom is -0.317 e. The van der Waals surface area contributed by atoms with Gasteiger partial charge in [0.1, 0.15) is 0 Å². The first-order valence-electron chi connectivity index (χ1n) is 12.8. The molecule has 2 amide bonds. The van der Waals surface area contributed by atoms with Crippen LogP contribution in [0.15, 0.2) is 94.7 Å². The van der Waals surface area contributed by atoms with Gasteiger partial charge in [0.15, 0.2) is 0 Å². The summed E-state index contributed by atoms with van der Waals surface area (Å²) in [7, 11) is 0. The molecule has 0 bridgehead atoms. The van der Waals surface area contributed by atoms with Crippen molar-refractivity contribution in [2.75, 3.05) is 18.4 Å². The van der Waals surface area contributed by atoms with E-state index in [0.717, 1.165) is 47.0 Å². The van der Waals surface area contributed by atoms with E-state index >= 15 is 0 Å². The Morgan fingerprint density at radius 3 is 2.29 bits per heavy atom. The molecule has 1 atom stereocenters. The van der Waals surface area contributed by atoms with E-state index in [4.69, 9.17) is 0 Å². The van der Waals surface area contributed by atoms with Crippen LogP contribution in [0.5, 0.6) is 0 Å². The highest BCUT2D eigenvalue weighted by Gasteiger charge is 2.30. The van der Waals surface area contributed by atoms with Crippen LogP contribution in [0.2, 0.25) is 0 Å². The van der Waals surface area contributed by atoms with Gasteiger partial charge in [0.25, 0.3) is 0 Å². The zero-order valence-electron chi connectivity index (χ0n) is 20.9. The molecule has 1 fully saturated rings. The molecule has 4 rings (SSSR count). The van der Waals surface area contributed by atoms with Crippen molar-refractivity contribution in [2.45, 2.75) is 68.0 Å². The van der Waals surface area contributed by atoms with E-state index in [0.29, 0.717) is 12.6 Å². The Hall–Kier alpha value is -2.76. The number of para-hydroxylation sites is 1. The van der Waals surface area contributed by atoms with Gasteiger partial charge in [-0.2, -0.15) is 0 Å². The van der Waals surface area contributed by atoms with Gasteiger partial charge in [-0.15, -0.1) is 0 Å². The van der Waals surface area contributed by atoms with Gasteiger partial charge < -0.3 is 15.1 Å².